The molecule has 0 bridgehead atoms. The number of anilines is 1. The average Bonchev–Trinajstić information content (AvgIpc) is 2.98. The Labute approximate surface area is 133 Å². The molecule has 116 valence electrons. The number of amides is 1. The first kappa shape index (κ1) is 14.7. The van der Waals surface area contributed by atoms with Gasteiger partial charge in [0, 0.05) is 6.20 Å². The normalized spacial score (nSPS) is 11.0. The highest BCUT2D eigenvalue weighted by atomic mass is 32.1. The molecule has 1 amide bonds. The summed E-state index contributed by atoms with van der Waals surface area (Å²) < 4.78 is 8.56. The van der Waals surface area contributed by atoms with E-state index in [4.69, 9.17) is 0 Å². The predicted octanol–water partition coefficient (Wildman–Crippen LogP) is 2.78. The second-order valence-corrected chi connectivity index (χ2v) is 4.85. The molecule has 0 unspecified atom stereocenters. The molecule has 2 N–H and O–H groups in total. The molecule has 0 aromatic carbocycles. The largest absolute Gasteiger partial charge is 0.504 e. The van der Waals surface area contributed by atoms with Crippen LogP contribution in [0.1, 0.15) is 0 Å². The maximum Gasteiger partial charge on any atom is 0.412 e. The fourth-order valence-corrected chi connectivity index (χ4v) is 2.23. The Balaban J connectivity index is 1.87. The number of rotatable bonds is 3. The van der Waals surface area contributed by atoms with E-state index < -0.39 is 6.09 Å². The van der Waals surface area contributed by atoms with Gasteiger partial charge in [-0.2, -0.15) is 4.37 Å². The predicted molar refractivity (Wildman–Crippen MR) is 81.3 cm³/mol. The minimum absolute atomic E-state index is 0.0780. The van der Waals surface area contributed by atoms with Gasteiger partial charge in [-0.15, -0.1) is 10.2 Å². The number of nitrogens with zero attached hydrogens (tertiary/aromatic N) is 6. The van der Waals surface area contributed by atoms with Gasteiger partial charge in [-0.1, -0.05) is 0 Å². The van der Waals surface area contributed by atoms with E-state index in [-0.39, 0.29) is 17.4 Å². The first-order chi connectivity index (χ1) is 11.2. The summed E-state index contributed by atoms with van der Waals surface area (Å²) in [5.74, 6) is -0.107. The lowest BCUT2D eigenvalue weighted by Gasteiger charge is -2.04. The van der Waals surface area contributed by atoms with Crippen LogP contribution in [0.3, 0.4) is 0 Å². The standard InChI is InChI=1S/C12H9N7O3S/c1-22-12(21)16-10-7(20)2-3-8(15-10)17-18-11-6-4-13-5-14-9(6)19-23-11/h2-5,20H,1H3,(H,15,16,21)/b18-17+. The van der Waals surface area contributed by atoms with Crippen molar-refractivity contribution in [3.05, 3.63) is 24.7 Å². The number of carbonyl (C=O) groups excluding carboxylic acids is 1. The molecule has 0 aliphatic heterocycles. The molecule has 0 atom stereocenters. The highest BCUT2D eigenvalue weighted by Gasteiger charge is 2.09. The lowest BCUT2D eigenvalue weighted by Crippen LogP contribution is -2.12. The van der Waals surface area contributed by atoms with Crippen LogP contribution < -0.4 is 5.32 Å². The van der Waals surface area contributed by atoms with Crippen molar-refractivity contribution in [2.24, 2.45) is 10.2 Å². The number of methoxy groups -OCH3 is 1. The van der Waals surface area contributed by atoms with E-state index in [0.29, 0.717) is 16.0 Å². The van der Waals surface area contributed by atoms with E-state index in [1.807, 2.05) is 0 Å². The molecule has 0 spiro atoms. The summed E-state index contributed by atoms with van der Waals surface area (Å²) in [7, 11) is 1.20. The number of nitrogens with one attached hydrogen (secondary N) is 1. The van der Waals surface area contributed by atoms with Gasteiger partial charge in [0.15, 0.2) is 28.0 Å². The van der Waals surface area contributed by atoms with Gasteiger partial charge in [0.2, 0.25) is 0 Å². The van der Waals surface area contributed by atoms with Crippen molar-refractivity contribution in [1.82, 2.24) is 19.3 Å². The number of ether oxygens (including phenoxy) is 1. The van der Waals surface area contributed by atoms with Crippen LogP contribution in [0, 0.1) is 0 Å². The molecule has 3 aromatic rings. The maximum absolute atomic E-state index is 11.2. The van der Waals surface area contributed by atoms with Crippen LogP contribution in [0.15, 0.2) is 34.9 Å². The number of azo groups is 1. The maximum atomic E-state index is 11.2. The number of fused-ring (bicyclic) bond motifs is 1. The van der Waals surface area contributed by atoms with Gasteiger partial charge >= 0.3 is 6.09 Å². The summed E-state index contributed by atoms with van der Waals surface area (Å²) >= 11 is 1.12. The highest BCUT2D eigenvalue weighted by Crippen LogP contribution is 2.30. The molecule has 0 saturated heterocycles. The van der Waals surface area contributed by atoms with E-state index in [9.17, 15) is 9.90 Å². The van der Waals surface area contributed by atoms with Crippen LogP contribution in [0.4, 0.5) is 21.4 Å². The summed E-state index contributed by atoms with van der Waals surface area (Å²) in [6, 6.07) is 2.78. The lowest BCUT2D eigenvalue weighted by atomic mass is 10.4. The molecule has 0 radical (unpaired) electrons. The first-order valence-electron chi connectivity index (χ1n) is 6.19. The van der Waals surface area contributed by atoms with Gasteiger partial charge in [-0.25, -0.2) is 19.7 Å². The van der Waals surface area contributed by atoms with Gasteiger partial charge in [0.1, 0.15) is 6.33 Å². The van der Waals surface area contributed by atoms with Gasteiger partial charge in [0.25, 0.3) is 0 Å². The van der Waals surface area contributed by atoms with E-state index in [0.717, 1.165) is 11.5 Å². The third kappa shape index (κ3) is 3.18. The van der Waals surface area contributed by atoms with Crippen molar-refractivity contribution in [2.45, 2.75) is 0 Å². The van der Waals surface area contributed by atoms with Crippen molar-refractivity contribution in [3.63, 3.8) is 0 Å². The number of pyridine rings is 1. The molecule has 0 saturated carbocycles. The van der Waals surface area contributed by atoms with Crippen molar-refractivity contribution < 1.29 is 14.6 Å². The number of aromatic hydroxyl groups is 1. The third-order valence-corrected chi connectivity index (χ3v) is 3.39. The fraction of sp³-hybridized carbons (Fsp3) is 0.0833. The lowest BCUT2D eigenvalue weighted by molar-refractivity contribution is 0.186. The summed E-state index contributed by atoms with van der Waals surface area (Å²) in [6.45, 7) is 0. The summed E-state index contributed by atoms with van der Waals surface area (Å²) in [6.07, 6.45) is 2.23. The minimum atomic E-state index is -0.757. The van der Waals surface area contributed by atoms with Gasteiger partial charge in [-0.05, 0) is 23.7 Å². The Kier molecular flexibility index (Phi) is 4.01. The van der Waals surface area contributed by atoms with Gasteiger partial charge in [0.05, 0.1) is 12.5 Å². The minimum Gasteiger partial charge on any atom is -0.504 e. The van der Waals surface area contributed by atoms with Crippen LogP contribution >= 0.6 is 11.5 Å². The molecular formula is C12H9N7O3S. The van der Waals surface area contributed by atoms with Crippen molar-refractivity contribution in [3.8, 4) is 5.75 Å². The number of carbonyl (C=O) groups is 1. The molecule has 0 aliphatic rings. The number of hydrogen-bond acceptors (Lipinski definition) is 10. The molecule has 10 nitrogen and oxygen atoms in total. The Morgan fingerprint density at radius 3 is 3.09 bits per heavy atom. The molecule has 0 aliphatic carbocycles. The third-order valence-electron chi connectivity index (χ3n) is 2.65. The van der Waals surface area contributed by atoms with Crippen LogP contribution in [0.2, 0.25) is 0 Å². The summed E-state index contributed by atoms with van der Waals surface area (Å²) in [5, 5.41) is 21.1. The smallest absolute Gasteiger partial charge is 0.412 e. The van der Waals surface area contributed by atoms with E-state index >= 15 is 0 Å². The van der Waals surface area contributed by atoms with Gasteiger partial charge in [-0.3, -0.25) is 5.32 Å². The second kappa shape index (κ2) is 6.27. The van der Waals surface area contributed by atoms with E-state index in [2.05, 4.69) is 39.6 Å². The molecule has 11 heteroatoms. The van der Waals surface area contributed by atoms with Crippen molar-refractivity contribution in [2.75, 3.05) is 12.4 Å². The van der Waals surface area contributed by atoms with Gasteiger partial charge < -0.3 is 9.84 Å². The SMILES string of the molecule is COC(=O)Nc1nc(/N=N/c2snc3ncncc23)ccc1O. The fourth-order valence-electron chi connectivity index (χ4n) is 1.59. The zero-order valence-corrected chi connectivity index (χ0v) is 12.5. The monoisotopic (exact) mass is 331 g/mol. The zero-order chi connectivity index (χ0) is 16.2. The Bertz CT molecular complexity index is 895. The zero-order valence-electron chi connectivity index (χ0n) is 11.7. The topological polar surface area (TPSA) is 135 Å². The van der Waals surface area contributed by atoms with E-state index in [1.165, 1.54) is 25.6 Å². The van der Waals surface area contributed by atoms with E-state index in [1.54, 1.807) is 6.20 Å². The molecule has 23 heavy (non-hydrogen) atoms. The van der Waals surface area contributed by atoms with Crippen LogP contribution in [0.5, 0.6) is 5.75 Å². The van der Waals surface area contributed by atoms with Crippen LogP contribution in [-0.2, 0) is 4.74 Å². The van der Waals surface area contributed by atoms with Crippen molar-refractivity contribution >= 4 is 45.3 Å². The van der Waals surface area contributed by atoms with Crippen LogP contribution in [-0.4, -0.2) is 37.6 Å². The quantitative estimate of drug-likeness (QED) is 0.704. The Morgan fingerprint density at radius 1 is 1.39 bits per heavy atom. The molecule has 3 aromatic heterocycles. The molecular weight excluding hydrogens is 322 g/mol. The van der Waals surface area contributed by atoms with Crippen molar-refractivity contribution in [1.29, 1.82) is 0 Å². The number of aromatic nitrogens is 4. The Morgan fingerprint density at radius 2 is 2.26 bits per heavy atom. The Hall–Kier alpha value is -3.21. The summed E-state index contributed by atoms with van der Waals surface area (Å²) in [5.41, 5.74) is 0.533. The van der Waals surface area contributed by atoms with Crippen LogP contribution in [0.25, 0.3) is 11.0 Å². The highest BCUT2D eigenvalue weighted by molar-refractivity contribution is 7.11. The first-order valence-corrected chi connectivity index (χ1v) is 6.97. The summed E-state index contributed by atoms with van der Waals surface area (Å²) in [4.78, 5) is 23.1. The average molecular weight is 331 g/mol. The molecule has 3 heterocycles. The molecule has 3 rings (SSSR count). The second-order valence-electron chi connectivity index (χ2n) is 4.10. The number of hydrogen-bond donors (Lipinski definition) is 2. The molecule has 0 fully saturated rings.